The van der Waals surface area contributed by atoms with Crippen molar-refractivity contribution in [1.82, 2.24) is 0 Å². The molecule has 0 saturated heterocycles. The van der Waals surface area contributed by atoms with Crippen LogP contribution in [0.5, 0.6) is 5.75 Å². The van der Waals surface area contributed by atoms with Crippen molar-refractivity contribution < 1.29 is 15.3 Å². The van der Waals surface area contributed by atoms with Crippen LogP contribution in [0.1, 0.15) is 12.5 Å². The molecule has 0 radical (unpaired) electrons. The van der Waals surface area contributed by atoms with E-state index >= 15 is 0 Å². The Bertz CT molecular complexity index is 161. The number of aliphatic hydroxyl groups is 2. The third kappa shape index (κ3) is 10.9. The monoisotopic (exact) mass is 186 g/mol. The highest BCUT2D eigenvalue weighted by molar-refractivity contribution is 5.24. The maximum Gasteiger partial charge on any atom is 0.115 e. The van der Waals surface area contributed by atoms with E-state index in [1.807, 2.05) is 19.1 Å². The van der Waals surface area contributed by atoms with Gasteiger partial charge >= 0.3 is 0 Å². The van der Waals surface area contributed by atoms with Gasteiger partial charge < -0.3 is 15.3 Å². The Labute approximate surface area is 79.3 Å². The number of hydrogen-bond acceptors (Lipinski definition) is 3. The van der Waals surface area contributed by atoms with Crippen molar-refractivity contribution in [1.29, 1.82) is 0 Å². The smallest absolute Gasteiger partial charge is 0.115 e. The van der Waals surface area contributed by atoms with E-state index in [2.05, 4.69) is 0 Å². The summed E-state index contributed by atoms with van der Waals surface area (Å²) in [5.74, 6) is 0.329. The maximum absolute atomic E-state index is 8.76. The van der Waals surface area contributed by atoms with Crippen LogP contribution in [0.2, 0.25) is 0 Å². The minimum absolute atomic E-state index is 0.250. The molecule has 0 amide bonds. The van der Waals surface area contributed by atoms with Crippen LogP contribution in [-0.2, 0) is 0 Å². The number of phenolic OH excluding ortho intramolecular Hbond substituents is 1. The van der Waals surface area contributed by atoms with Crippen molar-refractivity contribution in [3.63, 3.8) is 0 Å². The van der Waals surface area contributed by atoms with Gasteiger partial charge in [0.05, 0.1) is 0 Å². The Hall–Kier alpha value is -1.06. The first-order valence-electron chi connectivity index (χ1n) is 4.02. The summed E-state index contributed by atoms with van der Waals surface area (Å²) in [6, 6.07) is 7.09. The first-order valence-corrected chi connectivity index (χ1v) is 4.02. The molecule has 3 nitrogen and oxygen atoms in total. The Kier molecular flexibility index (Phi) is 12.2. The van der Waals surface area contributed by atoms with Gasteiger partial charge in [-0.15, -0.1) is 0 Å². The van der Waals surface area contributed by atoms with E-state index in [0.29, 0.717) is 5.75 Å². The lowest BCUT2D eigenvalue weighted by Gasteiger charge is -1.89. The van der Waals surface area contributed by atoms with Gasteiger partial charge in [0.2, 0.25) is 0 Å². The van der Waals surface area contributed by atoms with Crippen molar-refractivity contribution in [2.75, 3.05) is 13.7 Å². The molecular weight excluding hydrogens is 168 g/mol. The largest absolute Gasteiger partial charge is 0.508 e. The summed E-state index contributed by atoms with van der Waals surface area (Å²) in [7, 11) is 1.00. The third-order valence-electron chi connectivity index (χ3n) is 1.03. The standard InChI is InChI=1S/C7H8O.C2H6O.CH4O/c1-6-2-4-7(8)5-3-6;1-2-3;1-2/h2-5,8H,1H3;3H,2H2,1H3;2H,1H3. The van der Waals surface area contributed by atoms with Gasteiger partial charge in [-0.25, -0.2) is 0 Å². The highest BCUT2D eigenvalue weighted by Crippen LogP contribution is 2.07. The second kappa shape index (κ2) is 10.9. The second-order valence-corrected chi connectivity index (χ2v) is 2.15. The normalized spacial score (nSPS) is 7.46. The molecule has 76 valence electrons. The number of aromatic hydroxyl groups is 1. The van der Waals surface area contributed by atoms with Gasteiger partial charge in [0.1, 0.15) is 5.75 Å². The first kappa shape index (κ1) is 14.5. The first-order chi connectivity index (χ1) is 6.20. The van der Waals surface area contributed by atoms with Crippen LogP contribution in [0, 0.1) is 6.92 Å². The molecule has 0 atom stereocenters. The van der Waals surface area contributed by atoms with Gasteiger partial charge in [-0.1, -0.05) is 17.7 Å². The van der Waals surface area contributed by atoms with E-state index < -0.39 is 0 Å². The molecule has 3 heteroatoms. The average Bonchev–Trinajstić information content (AvgIpc) is 2.15. The zero-order valence-electron chi connectivity index (χ0n) is 8.36. The molecule has 0 unspecified atom stereocenters. The minimum Gasteiger partial charge on any atom is -0.508 e. The van der Waals surface area contributed by atoms with Crippen molar-refractivity contribution in [2.24, 2.45) is 0 Å². The number of phenols is 1. The zero-order valence-corrected chi connectivity index (χ0v) is 8.36. The van der Waals surface area contributed by atoms with Gasteiger partial charge in [0.15, 0.2) is 0 Å². The lowest BCUT2D eigenvalue weighted by Crippen LogP contribution is -1.66. The molecule has 0 aromatic heterocycles. The Morgan fingerprint density at radius 2 is 1.38 bits per heavy atom. The summed E-state index contributed by atoms with van der Waals surface area (Å²) in [5, 5.41) is 23.3. The van der Waals surface area contributed by atoms with E-state index in [-0.39, 0.29) is 6.61 Å². The molecule has 0 saturated carbocycles. The quantitative estimate of drug-likeness (QED) is 0.572. The molecule has 0 bridgehead atoms. The molecule has 1 aromatic rings. The molecule has 3 N–H and O–H groups in total. The van der Waals surface area contributed by atoms with E-state index in [1.165, 1.54) is 5.56 Å². The van der Waals surface area contributed by atoms with Crippen LogP contribution in [0.4, 0.5) is 0 Å². The van der Waals surface area contributed by atoms with Crippen molar-refractivity contribution in [2.45, 2.75) is 13.8 Å². The zero-order chi connectivity index (χ0) is 10.7. The van der Waals surface area contributed by atoms with Gasteiger partial charge in [-0.05, 0) is 26.0 Å². The molecule has 0 spiro atoms. The molecule has 0 aliphatic rings. The highest BCUT2D eigenvalue weighted by atomic mass is 16.3. The summed E-state index contributed by atoms with van der Waals surface area (Å²) in [6.07, 6.45) is 0. The van der Waals surface area contributed by atoms with E-state index in [0.717, 1.165) is 7.11 Å². The number of aliphatic hydroxyl groups excluding tert-OH is 2. The lowest BCUT2D eigenvalue weighted by molar-refractivity contribution is 0.318. The molecule has 0 heterocycles. The average molecular weight is 186 g/mol. The predicted molar refractivity (Wildman–Crippen MR) is 53.7 cm³/mol. The molecule has 1 aromatic carbocycles. The number of rotatable bonds is 0. The van der Waals surface area contributed by atoms with E-state index in [4.69, 9.17) is 15.3 Å². The summed E-state index contributed by atoms with van der Waals surface area (Å²) in [6.45, 7) is 3.92. The predicted octanol–water partition coefficient (Wildman–Crippen LogP) is 1.31. The Balaban J connectivity index is 0. The van der Waals surface area contributed by atoms with Gasteiger partial charge in [0.25, 0.3) is 0 Å². The summed E-state index contributed by atoms with van der Waals surface area (Å²) >= 11 is 0. The maximum atomic E-state index is 8.76. The lowest BCUT2D eigenvalue weighted by atomic mass is 10.2. The van der Waals surface area contributed by atoms with Crippen LogP contribution < -0.4 is 0 Å². The van der Waals surface area contributed by atoms with Crippen LogP contribution in [0.15, 0.2) is 24.3 Å². The van der Waals surface area contributed by atoms with Crippen LogP contribution in [0.3, 0.4) is 0 Å². The Morgan fingerprint density at radius 3 is 1.62 bits per heavy atom. The molecule has 0 aliphatic heterocycles. The topological polar surface area (TPSA) is 60.7 Å². The molecule has 1 rings (SSSR count). The molecule has 0 fully saturated rings. The SMILES string of the molecule is CCO.CO.Cc1ccc(O)cc1. The van der Waals surface area contributed by atoms with Crippen molar-refractivity contribution >= 4 is 0 Å². The van der Waals surface area contributed by atoms with Gasteiger partial charge in [0, 0.05) is 13.7 Å². The number of aryl methyl sites for hydroxylation is 1. The molecule has 13 heavy (non-hydrogen) atoms. The van der Waals surface area contributed by atoms with E-state index in [1.54, 1.807) is 19.1 Å². The van der Waals surface area contributed by atoms with Crippen molar-refractivity contribution in [3.8, 4) is 5.75 Å². The van der Waals surface area contributed by atoms with Crippen molar-refractivity contribution in [3.05, 3.63) is 29.8 Å². The summed E-state index contributed by atoms with van der Waals surface area (Å²) in [5.41, 5.74) is 1.17. The van der Waals surface area contributed by atoms with Gasteiger partial charge in [-0.2, -0.15) is 0 Å². The van der Waals surface area contributed by atoms with Crippen LogP contribution >= 0.6 is 0 Å². The fourth-order valence-electron chi connectivity index (χ4n) is 0.545. The molecule has 0 aliphatic carbocycles. The van der Waals surface area contributed by atoms with E-state index in [9.17, 15) is 0 Å². The molecular formula is C10H18O3. The van der Waals surface area contributed by atoms with Crippen LogP contribution in [-0.4, -0.2) is 29.0 Å². The highest BCUT2D eigenvalue weighted by Gasteiger charge is 1.82. The third-order valence-corrected chi connectivity index (χ3v) is 1.03. The summed E-state index contributed by atoms with van der Waals surface area (Å²) in [4.78, 5) is 0. The fraction of sp³-hybridized carbons (Fsp3) is 0.400. The fourth-order valence-corrected chi connectivity index (χ4v) is 0.545. The summed E-state index contributed by atoms with van der Waals surface area (Å²) < 4.78 is 0. The van der Waals surface area contributed by atoms with Crippen LogP contribution in [0.25, 0.3) is 0 Å². The minimum atomic E-state index is 0.250. The number of benzene rings is 1. The second-order valence-electron chi connectivity index (χ2n) is 2.15. The van der Waals surface area contributed by atoms with Gasteiger partial charge in [-0.3, -0.25) is 0 Å². The Morgan fingerprint density at radius 1 is 1.08 bits per heavy atom. The number of hydrogen-bond donors (Lipinski definition) is 3.